The molecule has 5 nitrogen and oxygen atoms in total. The van der Waals surface area contributed by atoms with Crippen LogP contribution in [0.5, 0.6) is 0 Å². The molecular weight excluding hydrogens is 461 g/mol. The Balaban J connectivity index is 0.00000280. The zero-order valence-electron chi connectivity index (χ0n) is 17.2. The molecule has 0 unspecified atom stereocenters. The van der Waals surface area contributed by atoms with E-state index in [9.17, 15) is 0 Å². The van der Waals surface area contributed by atoms with Gasteiger partial charge in [-0.1, -0.05) is 18.2 Å². The first-order valence-corrected chi connectivity index (χ1v) is 9.83. The third-order valence-electron chi connectivity index (χ3n) is 5.18. The molecule has 28 heavy (non-hydrogen) atoms. The molecule has 0 aliphatic carbocycles. The van der Waals surface area contributed by atoms with Crippen molar-refractivity contribution in [3.8, 4) is 0 Å². The maximum absolute atomic E-state index is 4.44. The molecule has 6 heteroatoms. The van der Waals surface area contributed by atoms with E-state index in [1.54, 1.807) is 0 Å². The van der Waals surface area contributed by atoms with Gasteiger partial charge in [0, 0.05) is 45.6 Å². The van der Waals surface area contributed by atoms with Crippen LogP contribution in [0.1, 0.15) is 36.1 Å². The van der Waals surface area contributed by atoms with Crippen molar-refractivity contribution in [3.05, 3.63) is 59.4 Å². The topological polar surface area (TPSA) is 43.8 Å². The summed E-state index contributed by atoms with van der Waals surface area (Å²) in [5, 5.41) is 3.41. The van der Waals surface area contributed by atoms with Crippen molar-refractivity contribution in [2.24, 2.45) is 4.99 Å². The van der Waals surface area contributed by atoms with Gasteiger partial charge in [-0.2, -0.15) is 0 Å². The highest BCUT2D eigenvalue weighted by Gasteiger charge is 2.12. The normalized spacial score (nSPS) is 14.4. The van der Waals surface area contributed by atoms with Crippen molar-refractivity contribution >= 4 is 35.6 Å². The summed E-state index contributed by atoms with van der Waals surface area (Å²) in [7, 11) is 3.89. The lowest BCUT2D eigenvalue weighted by Gasteiger charge is -2.29. The van der Waals surface area contributed by atoms with Crippen LogP contribution < -0.4 is 10.2 Å². The molecular formula is C22H32IN5. The number of anilines is 1. The molecule has 2 heterocycles. The molecule has 2 aromatic rings. The quantitative estimate of drug-likeness (QED) is 0.385. The standard InChI is InChI=1S/C22H31N5.HI/c1-18-8-7-13-24-21(18)16-25-22(23-2)26(3)17-19-9-11-20(12-10-19)27-14-5-4-6-15-27;/h7-13H,4-6,14-17H2,1-3H3,(H,23,25);1H. The number of guanidine groups is 1. The van der Waals surface area contributed by atoms with Gasteiger partial charge in [-0.15, -0.1) is 24.0 Å². The van der Waals surface area contributed by atoms with E-state index < -0.39 is 0 Å². The van der Waals surface area contributed by atoms with Crippen LogP contribution in [0.2, 0.25) is 0 Å². The fourth-order valence-electron chi connectivity index (χ4n) is 3.56. The van der Waals surface area contributed by atoms with Crippen molar-refractivity contribution in [3.63, 3.8) is 0 Å². The summed E-state index contributed by atoms with van der Waals surface area (Å²) in [6.07, 6.45) is 5.81. The summed E-state index contributed by atoms with van der Waals surface area (Å²) < 4.78 is 0. The molecule has 0 atom stereocenters. The van der Waals surface area contributed by atoms with Crippen LogP contribution in [-0.2, 0) is 13.1 Å². The number of aromatic nitrogens is 1. The van der Waals surface area contributed by atoms with E-state index in [0.717, 1.165) is 18.2 Å². The van der Waals surface area contributed by atoms with Crippen LogP contribution in [0.4, 0.5) is 5.69 Å². The van der Waals surface area contributed by atoms with Crippen molar-refractivity contribution in [1.82, 2.24) is 15.2 Å². The maximum Gasteiger partial charge on any atom is 0.194 e. The number of nitrogens with zero attached hydrogens (tertiary/aromatic N) is 4. The molecule has 0 radical (unpaired) electrons. The predicted octanol–water partition coefficient (Wildman–Crippen LogP) is 4.21. The van der Waals surface area contributed by atoms with E-state index in [0.29, 0.717) is 6.54 Å². The van der Waals surface area contributed by atoms with Gasteiger partial charge in [0.05, 0.1) is 12.2 Å². The number of hydrogen-bond acceptors (Lipinski definition) is 3. The second-order valence-electron chi connectivity index (χ2n) is 7.24. The van der Waals surface area contributed by atoms with Gasteiger partial charge in [0.15, 0.2) is 5.96 Å². The van der Waals surface area contributed by atoms with Crippen molar-refractivity contribution < 1.29 is 0 Å². The number of rotatable bonds is 5. The number of aliphatic imine (C=N–C) groups is 1. The van der Waals surface area contributed by atoms with Crippen molar-refractivity contribution in [2.45, 2.75) is 39.3 Å². The first-order chi connectivity index (χ1) is 13.2. The molecule has 0 spiro atoms. The van der Waals surface area contributed by atoms with E-state index in [1.807, 2.05) is 19.3 Å². The Kier molecular flexibility index (Phi) is 9.02. The maximum atomic E-state index is 4.44. The minimum atomic E-state index is 0. The van der Waals surface area contributed by atoms with E-state index >= 15 is 0 Å². The Morgan fingerprint density at radius 2 is 1.86 bits per heavy atom. The van der Waals surface area contributed by atoms with E-state index in [2.05, 4.69) is 69.4 Å². The molecule has 152 valence electrons. The molecule has 1 saturated heterocycles. The molecule has 1 aliphatic rings. The molecule has 1 N–H and O–H groups in total. The van der Waals surface area contributed by atoms with Gasteiger partial charge in [0.2, 0.25) is 0 Å². The highest BCUT2D eigenvalue weighted by atomic mass is 127. The minimum Gasteiger partial charge on any atom is -0.372 e. The van der Waals surface area contributed by atoms with Crippen LogP contribution in [-0.4, -0.2) is 43.0 Å². The van der Waals surface area contributed by atoms with Crippen LogP contribution in [0.25, 0.3) is 0 Å². The summed E-state index contributed by atoms with van der Waals surface area (Å²) in [5.41, 5.74) is 4.87. The summed E-state index contributed by atoms with van der Waals surface area (Å²) in [4.78, 5) is 13.5. The fourth-order valence-corrected chi connectivity index (χ4v) is 3.56. The lowest BCUT2D eigenvalue weighted by Crippen LogP contribution is -2.38. The number of halogens is 1. The molecule has 1 fully saturated rings. The fraction of sp³-hybridized carbons (Fsp3) is 0.455. The number of piperidine rings is 1. The Morgan fingerprint density at radius 3 is 2.50 bits per heavy atom. The van der Waals surface area contributed by atoms with Crippen molar-refractivity contribution in [2.75, 3.05) is 32.1 Å². The Hall–Kier alpha value is -1.83. The minimum absolute atomic E-state index is 0. The number of pyridine rings is 1. The molecule has 3 rings (SSSR count). The monoisotopic (exact) mass is 493 g/mol. The summed E-state index contributed by atoms with van der Waals surface area (Å²) >= 11 is 0. The molecule has 0 bridgehead atoms. The third kappa shape index (κ3) is 6.09. The van der Waals surface area contributed by atoms with Crippen LogP contribution >= 0.6 is 24.0 Å². The first-order valence-electron chi connectivity index (χ1n) is 9.83. The second kappa shape index (κ2) is 11.2. The highest BCUT2D eigenvalue weighted by Crippen LogP contribution is 2.20. The third-order valence-corrected chi connectivity index (χ3v) is 5.18. The first kappa shape index (κ1) is 22.5. The molecule has 1 aromatic carbocycles. The predicted molar refractivity (Wildman–Crippen MR) is 129 cm³/mol. The van der Waals surface area contributed by atoms with Gasteiger partial charge in [-0.25, -0.2) is 0 Å². The summed E-state index contributed by atoms with van der Waals surface area (Å²) in [6.45, 7) is 5.95. The van der Waals surface area contributed by atoms with Crippen LogP contribution in [0.3, 0.4) is 0 Å². The molecule has 0 amide bonds. The SMILES string of the molecule is CN=C(NCc1ncccc1C)N(C)Cc1ccc(N2CCCCC2)cc1.I. The number of nitrogens with one attached hydrogen (secondary N) is 1. The average Bonchev–Trinajstić information content (AvgIpc) is 2.71. The Labute approximate surface area is 186 Å². The van der Waals surface area contributed by atoms with E-state index in [-0.39, 0.29) is 24.0 Å². The van der Waals surface area contributed by atoms with E-state index in [1.165, 1.54) is 49.2 Å². The summed E-state index contributed by atoms with van der Waals surface area (Å²) in [5.74, 6) is 0.875. The van der Waals surface area contributed by atoms with Crippen LogP contribution in [0, 0.1) is 6.92 Å². The van der Waals surface area contributed by atoms with Gasteiger partial charge in [0.1, 0.15) is 0 Å². The summed E-state index contributed by atoms with van der Waals surface area (Å²) in [6, 6.07) is 13.0. The zero-order valence-corrected chi connectivity index (χ0v) is 19.5. The molecule has 1 aromatic heterocycles. The smallest absolute Gasteiger partial charge is 0.194 e. The number of hydrogen-bond donors (Lipinski definition) is 1. The van der Waals surface area contributed by atoms with Gasteiger partial charge < -0.3 is 15.1 Å². The van der Waals surface area contributed by atoms with Crippen molar-refractivity contribution in [1.29, 1.82) is 0 Å². The zero-order chi connectivity index (χ0) is 19.1. The lowest BCUT2D eigenvalue weighted by atomic mass is 10.1. The number of aryl methyl sites for hydroxylation is 1. The lowest BCUT2D eigenvalue weighted by molar-refractivity contribution is 0.476. The Morgan fingerprint density at radius 1 is 1.14 bits per heavy atom. The average molecular weight is 493 g/mol. The van der Waals surface area contributed by atoms with Gasteiger partial charge in [0.25, 0.3) is 0 Å². The molecule has 1 aliphatic heterocycles. The highest BCUT2D eigenvalue weighted by molar-refractivity contribution is 14.0. The number of benzene rings is 1. The van der Waals surface area contributed by atoms with E-state index in [4.69, 9.17) is 0 Å². The molecule has 0 saturated carbocycles. The van der Waals surface area contributed by atoms with Gasteiger partial charge >= 0.3 is 0 Å². The Bertz CT molecular complexity index is 754. The second-order valence-corrected chi connectivity index (χ2v) is 7.24. The van der Waals surface area contributed by atoms with Gasteiger partial charge in [-0.3, -0.25) is 9.98 Å². The van der Waals surface area contributed by atoms with Gasteiger partial charge in [-0.05, 0) is 55.5 Å². The largest absolute Gasteiger partial charge is 0.372 e. The van der Waals surface area contributed by atoms with Crippen LogP contribution in [0.15, 0.2) is 47.6 Å².